The molecule has 0 atom stereocenters. The summed E-state index contributed by atoms with van der Waals surface area (Å²) in [5.41, 5.74) is 2.03. The Bertz CT molecular complexity index is 1060. The van der Waals surface area contributed by atoms with Gasteiger partial charge < -0.3 is 10.1 Å². The number of ether oxygens (including phenoxy) is 1. The second-order valence-electron chi connectivity index (χ2n) is 6.44. The van der Waals surface area contributed by atoms with E-state index in [-0.39, 0.29) is 23.8 Å². The van der Waals surface area contributed by atoms with E-state index >= 15 is 0 Å². The lowest BCUT2D eigenvalue weighted by Gasteiger charge is -2.11. The van der Waals surface area contributed by atoms with Gasteiger partial charge in [-0.15, -0.1) is 0 Å². The van der Waals surface area contributed by atoms with Crippen molar-refractivity contribution >= 4 is 39.9 Å². The molecule has 0 bridgehead atoms. The predicted molar refractivity (Wildman–Crippen MR) is 117 cm³/mol. The Morgan fingerprint density at radius 2 is 2.03 bits per heavy atom. The number of halogens is 1. The van der Waals surface area contributed by atoms with Crippen molar-refractivity contribution in [1.82, 2.24) is 9.78 Å². The topological polar surface area (TPSA) is 99.3 Å². The fraction of sp³-hybridized carbons (Fsp3) is 0.200. The Kier molecular flexibility index (Phi) is 6.47. The Morgan fingerprint density at radius 1 is 1.28 bits per heavy atom. The maximum Gasteiger partial charge on any atom is 0.275 e. The highest BCUT2D eigenvalue weighted by Crippen LogP contribution is 2.31. The lowest BCUT2D eigenvalue weighted by Crippen LogP contribution is -2.15. The van der Waals surface area contributed by atoms with Crippen molar-refractivity contribution in [3.8, 4) is 11.5 Å². The quantitative estimate of drug-likeness (QED) is 0.281. The maximum atomic E-state index is 12.3. The van der Waals surface area contributed by atoms with E-state index in [2.05, 4.69) is 33.0 Å². The second kappa shape index (κ2) is 9.03. The first-order valence-electron chi connectivity index (χ1n) is 8.84. The monoisotopic (exact) mass is 506 g/mol. The van der Waals surface area contributed by atoms with Gasteiger partial charge in [0.15, 0.2) is 0 Å². The van der Waals surface area contributed by atoms with Gasteiger partial charge in [0.1, 0.15) is 11.5 Å². The van der Waals surface area contributed by atoms with Crippen molar-refractivity contribution in [1.29, 1.82) is 0 Å². The normalized spacial score (nSPS) is 10.6. The molecule has 1 aromatic heterocycles. The summed E-state index contributed by atoms with van der Waals surface area (Å²) in [6.45, 7) is 4.23. The minimum atomic E-state index is -0.518. The molecule has 0 saturated heterocycles. The zero-order chi connectivity index (χ0) is 21.0. The summed E-state index contributed by atoms with van der Waals surface area (Å²) in [7, 11) is 0. The summed E-state index contributed by atoms with van der Waals surface area (Å²) >= 11 is 2.18. The van der Waals surface area contributed by atoms with Crippen LogP contribution in [0.4, 0.5) is 11.4 Å². The van der Waals surface area contributed by atoms with Crippen molar-refractivity contribution in [2.24, 2.45) is 0 Å². The number of amides is 1. The number of carbonyl (C=O) groups is 1. The molecular weight excluding hydrogens is 487 g/mol. The van der Waals surface area contributed by atoms with Gasteiger partial charge in [0.05, 0.1) is 33.0 Å². The molecule has 1 N–H and O–H groups in total. The average molecular weight is 506 g/mol. The number of anilines is 1. The van der Waals surface area contributed by atoms with E-state index in [9.17, 15) is 14.9 Å². The van der Waals surface area contributed by atoms with Crippen LogP contribution in [0.3, 0.4) is 0 Å². The van der Waals surface area contributed by atoms with Crippen molar-refractivity contribution in [3.05, 3.63) is 73.6 Å². The van der Waals surface area contributed by atoms with Crippen LogP contribution < -0.4 is 10.1 Å². The molecule has 0 aliphatic carbocycles. The summed E-state index contributed by atoms with van der Waals surface area (Å²) in [5.74, 6) is 0.604. The molecule has 0 fully saturated rings. The first kappa shape index (κ1) is 20.8. The second-order valence-corrected chi connectivity index (χ2v) is 7.60. The van der Waals surface area contributed by atoms with E-state index in [1.807, 2.05) is 32.0 Å². The van der Waals surface area contributed by atoms with Crippen LogP contribution >= 0.6 is 22.6 Å². The molecule has 3 rings (SSSR count). The Morgan fingerprint density at radius 3 is 2.69 bits per heavy atom. The summed E-state index contributed by atoms with van der Waals surface area (Å²) in [4.78, 5) is 23.1. The number of nitro benzene ring substituents is 1. The van der Waals surface area contributed by atoms with Crippen molar-refractivity contribution in [2.45, 2.75) is 26.8 Å². The van der Waals surface area contributed by atoms with Gasteiger partial charge in [-0.2, -0.15) is 5.10 Å². The van der Waals surface area contributed by atoms with Gasteiger partial charge in [-0.3, -0.25) is 19.6 Å². The van der Waals surface area contributed by atoms with Gasteiger partial charge in [0, 0.05) is 24.2 Å². The molecule has 29 heavy (non-hydrogen) atoms. The van der Waals surface area contributed by atoms with Crippen molar-refractivity contribution < 1.29 is 14.5 Å². The lowest BCUT2D eigenvalue weighted by atomic mass is 10.2. The highest BCUT2D eigenvalue weighted by molar-refractivity contribution is 14.1. The molecular formula is C20H19IN4O4. The van der Waals surface area contributed by atoms with Gasteiger partial charge in [-0.1, -0.05) is 18.2 Å². The smallest absolute Gasteiger partial charge is 0.275 e. The van der Waals surface area contributed by atoms with Crippen LogP contribution in [0.25, 0.3) is 0 Å². The number of nitrogens with zero attached hydrogens (tertiary/aromatic N) is 3. The third-order valence-electron chi connectivity index (χ3n) is 4.30. The van der Waals surface area contributed by atoms with Gasteiger partial charge in [0.25, 0.3) is 5.69 Å². The third-order valence-corrected chi connectivity index (χ3v) is 5.36. The molecule has 0 aliphatic rings. The van der Waals surface area contributed by atoms with E-state index < -0.39 is 4.92 Å². The number of aryl methyl sites for hydroxylation is 2. The molecule has 1 heterocycles. The van der Waals surface area contributed by atoms with E-state index in [1.54, 1.807) is 23.0 Å². The number of hydrogen-bond acceptors (Lipinski definition) is 5. The molecule has 3 aromatic rings. The summed E-state index contributed by atoms with van der Waals surface area (Å²) in [6, 6.07) is 11.6. The van der Waals surface area contributed by atoms with Crippen molar-refractivity contribution in [2.75, 3.05) is 5.32 Å². The fourth-order valence-electron chi connectivity index (χ4n) is 2.70. The number of carbonyl (C=O) groups excluding carboxylic acids is 1. The number of para-hydroxylation sites is 1. The van der Waals surface area contributed by atoms with Crippen LogP contribution in [0.5, 0.6) is 11.5 Å². The van der Waals surface area contributed by atoms with Crippen molar-refractivity contribution in [3.63, 3.8) is 0 Å². The minimum Gasteiger partial charge on any atom is -0.457 e. The number of nitro groups is 1. The Labute approximate surface area is 181 Å². The Hall–Kier alpha value is -2.95. The molecule has 0 aliphatic heterocycles. The molecule has 2 aromatic carbocycles. The highest BCUT2D eigenvalue weighted by atomic mass is 127. The molecule has 8 nitrogen and oxygen atoms in total. The molecule has 0 unspecified atom stereocenters. The fourth-order valence-corrected chi connectivity index (χ4v) is 3.10. The first-order chi connectivity index (χ1) is 13.8. The molecule has 9 heteroatoms. The molecule has 0 radical (unpaired) electrons. The highest BCUT2D eigenvalue weighted by Gasteiger charge is 2.14. The summed E-state index contributed by atoms with van der Waals surface area (Å²) in [6.07, 6.45) is 1.93. The lowest BCUT2D eigenvalue weighted by molar-refractivity contribution is -0.384. The zero-order valence-corrected chi connectivity index (χ0v) is 18.0. The first-order valence-corrected chi connectivity index (χ1v) is 9.92. The van der Waals surface area contributed by atoms with Gasteiger partial charge in [0.2, 0.25) is 5.91 Å². The molecule has 1 amide bonds. The van der Waals surface area contributed by atoms with Gasteiger partial charge in [-0.25, -0.2) is 0 Å². The number of aromatic nitrogens is 2. The van der Waals surface area contributed by atoms with Gasteiger partial charge >= 0.3 is 0 Å². The number of hydrogen-bond donors (Lipinski definition) is 1. The zero-order valence-electron chi connectivity index (χ0n) is 15.9. The molecule has 0 saturated carbocycles. The van der Waals surface area contributed by atoms with Crippen LogP contribution in [0.15, 0.2) is 48.7 Å². The van der Waals surface area contributed by atoms with Crippen LogP contribution in [-0.4, -0.2) is 20.6 Å². The van der Waals surface area contributed by atoms with E-state index in [1.165, 1.54) is 12.1 Å². The largest absolute Gasteiger partial charge is 0.457 e. The summed E-state index contributed by atoms with van der Waals surface area (Å²) in [5, 5.41) is 18.2. The van der Waals surface area contributed by atoms with E-state index in [0.29, 0.717) is 18.0 Å². The van der Waals surface area contributed by atoms with Crippen LogP contribution in [-0.2, 0) is 11.3 Å². The standard InChI is InChI=1S/C20H19IN4O4/c1-13-5-3-4-6-19(13)29-17-10-15(9-16(11-17)25(27)28)23-20(26)7-8-24-14(2)18(21)12-22-24/h3-6,9-12H,7-8H2,1-2H3,(H,23,26). The van der Waals surface area contributed by atoms with Gasteiger partial charge in [-0.05, 0) is 48.1 Å². The van der Waals surface area contributed by atoms with E-state index in [0.717, 1.165) is 14.8 Å². The minimum absolute atomic E-state index is 0.163. The number of nitrogens with one attached hydrogen (secondary N) is 1. The Balaban J connectivity index is 1.74. The van der Waals surface area contributed by atoms with Crippen LogP contribution in [0.1, 0.15) is 17.7 Å². The SMILES string of the molecule is Cc1ccccc1Oc1cc(NC(=O)CCn2ncc(I)c2C)cc([N+](=O)[O-])c1. The number of benzene rings is 2. The molecule has 150 valence electrons. The van der Waals surface area contributed by atoms with Crippen LogP contribution in [0.2, 0.25) is 0 Å². The summed E-state index contributed by atoms with van der Waals surface area (Å²) < 4.78 is 8.58. The third kappa shape index (κ3) is 5.31. The number of non-ortho nitro benzene ring substituents is 1. The predicted octanol–water partition coefficient (Wildman–Crippen LogP) is 4.83. The maximum absolute atomic E-state index is 12.3. The molecule has 0 spiro atoms. The number of rotatable bonds is 7. The van der Waals surface area contributed by atoms with E-state index in [4.69, 9.17) is 4.74 Å². The van der Waals surface area contributed by atoms with Crippen LogP contribution in [0, 0.1) is 27.5 Å². The average Bonchev–Trinajstić information content (AvgIpc) is 3.00.